The van der Waals surface area contributed by atoms with Gasteiger partial charge in [-0.3, -0.25) is 9.48 Å². The Labute approximate surface area is 263 Å². The second kappa shape index (κ2) is 11.4. The summed E-state index contributed by atoms with van der Waals surface area (Å²) in [6.07, 6.45) is 3.51. The molecule has 0 bridgehead atoms. The Bertz CT molecular complexity index is 1780. The Morgan fingerprint density at radius 2 is 1.82 bits per heavy atom. The third-order valence-corrected chi connectivity index (χ3v) is 8.78. The van der Waals surface area contributed by atoms with Crippen molar-refractivity contribution in [1.82, 2.24) is 14.7 Å². The van der Waals surface area contributed by atoms with Crippen LogP contribution in [0, 0.1) is 5.82 Å². The quantitative estimate of drug-likeness (QED) is 0.232. The van der Waals surface area contributed by atoms with Crippen LogP contribution in [-0.2, 0) is 23.1 Å². The molecule has 1 aromatic heterocycles. The molecular formula is C32H29Cl2FN4O5. The number of nitrogens with zero attached hydrogens (tertiary/aromatic N) is 4. The van der Waals surface area contributed by atoms with Gasteiger partial charge in [0, 0.05) is 42.5 Å². The molecule has 228 valence electrons. The van der Waals surface area contributed by atoms with E-state index in [9.17, 15) is 9.59 Å². The molecule has 0 N–H and O–H groups in total. The van der Waals surface area contributed by atoms with Gasteiger partial charge in [-0.1, -0.05) is 41.4 Å². The Morgan fingerprint density at radius 1 is 1.09 bits per heavy atom. The molecule has 0 saturated carbocycles. The number of carbonyl (C=O) groups excluding carboxylic acids is 2. The lowest BCUT2D eigenvalue weighted by molar-refractivity contribution is -0.0455. The van der Waals surface area contributed by atoms with Crippen molar-refractivity contribution in [2.75, 3.05) is 39.0 Å². The normalized spacial score (nSPS) is 15.2. The maximum atomic E-state index is 15.7. The van der Waals surface area contributed by atoms with Crippen molar-refractivity contribution >= 4 is 40.8 Å². The number of para-hydroxylation sites is 1. The van der Waals surface area contributed by atoms with Crippen molar-refractivity contribution in [3.8, 4) is 28.0 Å². The molecular weight excluding hydrogens is 610 g/mol. The lowest BCUT2D eigenvalue weighted by Crippen LogP contribution is -2.59. The zero-order valence-electron chi connectivity index (χ0n) is 24.5. The van der Waals surface area contributed by atoms with E-state index in [0.717, 1.165) is 11.1 Å². The third kappa shape index (κ3) is 5.16. The molecule has 12 heteroatoms. The molecule has 0 spiro atoms. The predicted octanol–water partition coefficient (Wildman–Crippen LogP) is 6.20. The van der Waals surface area contributed by atoms with Crippen LogP contribution in [0.2, 0.25) is 10.0 Å². The summed E-state index contributed by atoms with van der Waals surface area (Å²) in [5.41, 5.74) is 3.36. The van der Waals surface area contributed by atoms with Gasteiger partial charge in [0.05, 0.1) is 65.5 Å². The van der Waals surface area contributed by atoms with Crippen LogP contribution in [0.25, 0.3) is 22.3 Å². The van der Waals surface area contributed by atoms with Gasteiger partial charge in [-0.15, -0.1) is 0 Å². The first-order valence-corrected chi connectivity index (χ1v) is 14.5. The number of carbonyl (C=O) groups is 2. The van der Waals surface area contributed by atoms with Crippen molar-refractivity contribution in [3.63, 3.8) is 0 Å². The number of methoxy groups -OCH3 is 1. The molecule has 44 heavy (non-hydrogen) atoms. The Morgan fingerprint density at radius 3 is 2.43 bits per heavy atom. The van der Waals surface area contributed by atoms with Crippen LogP contribution < -0.4 is 9.64 Å². The molecule has 9 nitrogen and oxygen atoms in total. The van der Waals surface area contributed by atoms with E-state index in [1.54, 1.807) is 48.3 Å². The fourth-order valence-electron chi connectivity index (χ4n) is 5.49. The molecule has 0 atom stereocenters. The second-order valence-corrected chi connectivity index (χ2v) is 12.0. The highest BCUT2D eigenvalue weighted by Crippen LogP contribution is 2.42. The maximum Gasteiger partial charge on any atom is 0.340 e. The SMILES string of the molecule is COC(=O)c1cc(F)c(-c2cccc3c2OCN(C(=O)c2c(Cl)cc(-c4cnn(C)c4)cc2Cl)C3)cc1N(C)C1(C)COC1. The first-order valence-electron chi connectivity index (χ1n) is 13.8. The largest absolute Gasteiger partial charge is 0.472 e. The van der Waals surface area contributed by atoms with Crippen molar-refractivity contribution in [2.45, 2.75) is 19.0 Å². The average molecular weight is 640 g/mol. The zero-order valence-corrected chi connectivity index (χ0v) is 26.0. The first-order chi connectivity index (χ1) is 21.0. The summed E-state index contributed by atoms with van der Waals surface area (Å²) in [4.78, 5) is 29.7. The predicted molar refractivity (Wildman–Crippen MR) is 165 cm³/mol. The number of amides is 1. The summed E-state index contributed by atoms with van der Waals surface area (Å²) in [7, 11) is 4.90. The smallest absolute Gasteiger partial charge is 0.340 e. The van der Waals surface area contributed by atoms with Crippen molar-refractivity contribution < 1.29 is 28.2 Å². The number of esters is 1. The summed E-state index contributed by atoms with van der Waals surface area (Å²) >= 11 is 13.1. The number of rotatable bonds is 6. The minimum absolute atomic E-state index is 0.107. The molecule has 0 unspecified atom stereocenters. The highest BCUT2D eigenvalue weighted by Gasteiger charge is 2.39. The van der Waals surface area contributed by atoms with Gasteiger partial charge in [-0.25, -0.2) is 9.18 Å². The van der Waals surface area contributed by atoms with Crippen molar-refractivity contribution in [1.29, 1.82) is 0 Å². The van der Waals surface area contributed by atoms with E-state index in [-0.39, 0.29) is 45.6 Å². The minimum atomic E-state index is -0.646. The number of fused-ring (bicyclic) bond motifs is 1. The number of likely N-dealkylation sites (N-methyl/N-ethyl adjacent to an activating group) is 1. The van der Waals surface area contributed by atoms with Gasteiger partial charge < -0.3 is 24.0 Å². The average Bonchev–Trinajstić information content (AvgIpc) is 3.44. The topological polar surface area (TPSA) is 86.1 Å². The van der Waals surface area contributed by atoms with Crippen LogP contribution in [0.4, 0.5) is 10.1 Å². The molecule has 1 saturated heterocycles. The van der Waals surface area contributed by atoms with Gasteiger partial charge >= 0.3 is 5.97 Å². The van der Waals surface area contributed by atoms with Crippen LogP contribution in [-0.4, -0.2) is 66.2 Å². The highest BCUT2D eigenvalue weighted by molar-refractivity contribution is 6.40. The standard InChI is InChI=1S/C32H29Cl2FN4O5/c1-32(15-43-16-32)38(3)27-11-22(26(35)10-23(27)31(41)42-4)21-7-5-6-18-14-39(17-44-29(18)21)30(40)28-24(33)8-19(9-25(28)34)20-12-36-37(2)13-20/h5-13H,14-17H2,1-4H3. The van der Waals surface area contributed by atoms with Gasteiger partial charge in [0.1, 0.15) is 11.6 Å². The summed E-state index contributed by atoms with van der Waals surface area (Å²) in [6.45, 7) is 3.01. The van der Waals surface area contributed by atoms with E-state index in [2.05, 4.69) is 5.10 Å². The summed E-state index contributed by atoms with van der Waals surface area (Å²) in [5.74, 6) is -1.22. The lowest BCUT2D eigenvalue weighted by Gasteiger charge is -2.47. The number of ether oxygens (including phenoxy) is 3. The van der Waals surface area contributed by atoms with Gasteiger partial charge in [0.2, 0.25) is 0 Å². The molecule has 0 radical (unpaired) electrons. The molecule has 1 amide bonds. The first kappa shape index (κ1) is 29.9. The molecule has 3 heterocycles. The number of hydrogen-bond donors (Lipinski definition) is 0. The van der Waals surface area contributed by atoms with E-state index in [1.807, 2.05) is 31.1 Å². The van der Waals surface area contributed by atoms with Gasteiger partial charge in [-0.2, -0.15) is 5.10 Å². The summed E-state index contributed by atoms with van der Waals surface area (Å²) < 4.78 is 33.8. The number of halogens is 3. The molecule has 0 aliphatic carbocycles. The van der Waals surface area contributed by atoms with E-state index < -0.39 is 17.7 Å². The van der Waals surface area contributed by atoms with Crippen LogP contribution in [0.3, 0.4) is 0 Å². The molecule has 1 fully saturated rings. The van der Waals surface area contributed by atoms with E-state index in [1.165, 1.54) is 18.1 Å². The maximum absolute atomic E-state index is 15.7. The van der Waals surface area contributed by atoms with Crippen molar-refractivity contribution in [3.05, 3.63) is 87.4 Å². The monoisotopic (exact) mass is 638 g/mol. The summed E-state index contributed by atoms with van der Waals surface area (Å²) in [6, 6.07) is 11.5. The van der Waals surface area contributed by atoms with E-state index in [4.69, 9.17) is 37.4 Å². The van der Waals surface area contributed by atoms with Crippen LogP contribution >= 0.6 is 23.2 Å². The highest BCUT2D eigenvalue weighted by atomic mass is 35.5. The number of anilines is 1. The number of aromatic nitrogens is 2. The third-order valence-electron chi connectivity index (χ3n) is 8.18. The molecule has 6 rings (SSSR count). The number of aryl methyl sites for hydroxylation is 1. The molecule has 4 aromatic rings. The van der Waals surface area contributed by atoms with Crippen LogP contribution in [0.1, 0.15) is 33.2 Å². The second-order valence-electron chi connectivity index (χ2n) is 11.2. The van der Waals surface area contributed by atoms with Gasteiger partial charge in [-0.05, 0) is 36.8 Å². The van der Waals surface area contributed by atoms with Crippen LogP contribution in [0.5, 0.6) is 5.75 Å². The zero-order chi connectivity index (χ0) is 31.3. The molecule has 2 aliphatic rings. The Kier molecular flexibility index (Phi) is 7.77. The minimum Gasteiger partial charge on any atom is -0.472 e. The Balaban J connectivity index is 1.32. The number of benzene rings is 3. The fraction of sp³-hybridized carbons (Fsp3) is 0.281. The lowest BCUT2D eigenvalue weighted by atomic mass is 9.93. The Hall–Kier alpha value is -4.12. The van der Waals surface area contributed by atoms with Crippen molar-refractivity contribution in [2.24, 2.45) is 7.05 Å². The fourth-order valence-corrected chi connectivity index (χ4v) is 6.14. The van der Waals surface area contributed by atoms with E-state index >= 15 is 4.39 Å². The van der Waals surface area contributed by atoms with Gasteiger partial charge in [0.15, 0.2) is 6.73 Å². The number of hydrogen-bond acceptors (Lipinski definition) is 7. The van der Waals surface area contributed by atoms with Crippen LogP contribution in [0.15, 0.2) is 54.9 Å². The summed E-state index contributed by atoms with van der Waals surface area (Å²) in [5, 5.41) is 4.58. The van der Waals surface area contributed by atoms with Gasteiger partial charge in [0.25, 0.3) is 5.91 Å². The molecule has 3 aromatic carbocycles. The molecule has 2 aliphatic heterocycles. The van der Waals surface area contributed by atoms with E-state index in [0.29, 0.717) is 35.8 Å².